The quantitative estimate of drug-likeness (QED) is 0.233. The molecule has 0 radical (unpaired) electrons. The summed E-state index contributed by atoms with van der Waals surface area (Å²) in [5.74, 6) is 3.63. The van der Waals surface area contributed by atoms with Gasteiger partial charge in [-0.05, 0) is 64.7 Å². The van der Waals surface area contributed by atoms with Gasteiger partial charge in [0.25, 0.3) is 0 Å². The summed E-state index contributed by atoms with van der Waals surface area (Å²) in [5, 5.41) is 0. The number of aryl methyl sites for hydroxylation is 4. The fraction of sp³-hybridized carbons (Fsp3) is 0.118. The van der Waals surface area contributed by atoms with Crippen LogP contribution in [0.4, 0.5) is 0 Å². The van der Waals surface area contributed by atoms with Gasteiger partial charge in [0.15, 0.2) is 0 Å². The zero-order chi connectivity index (χ0) is 28.8. The first-order valence-electron chi connectivity index (χ1n) is 13.8. The zero-order valence-electron chi connectivity index (χ0n) is 24.0. The molecule has 0 aliphatic rings. The van der Waals surface area contributed by atoms with Crippen LogP contribution in [0.5, 0.6) is 0 Å². The van der Waals surface area contributed by atoms with Crippen molar-refractivity contribution in [2.75, 3.05) is 0 Å². The van der Waals surface area contributed by atoms with Crippen molar-refractivity contribution in [3.63, 3.8) is 0 Å². The highest BCUT2D eigenvalue weighted by Crippen LogP contribution is 2.37. The van der Waals surface area contributed by atoms with Crippen LogP contribution in [0.15, 0.2) is 110 Å². The first-order valence-corrected chi connectivity index (χ1v) is 13.8. The van der Waals surface area contributed by atoms with Gasteiger partial charge in [-0.25, -0.2) is 19.9 Å². The van der Waals surface area contributed by atoms with E-state index in [-0.39, 0.29) is 0 Å². The van der Waals surface area contributed by atoms with E-state index in [1.807, 2.05) is 91.5 Å². The van der Waals surface area contributed by atoms with Crippen LogP contribution in [0, 0.1) is 0 Å². The molecule has 7 aromatic rings. The third kappa shape index (κ3) is 4.53. The lowest BCUT2D eigenvalue weighted by Gasteiger charge is -2.14. The normalized spacial score (nSPS) is 11.3. The van der Waals surface area contributed by atoms with E-state index in [9.17, 15) is 0 Å². The molecule has 42 heavy (non-hydrogen) atoms. The van der Waals surface area contributed by atoms with E-state index >= 15 is 0 Å². The Bertz CT molecular complexity index is 1990. The average Bonchev–Trinajstić information content (AvgIpc) is 3.82. The molecule has 0 spiro atoms. The average molecular weight is 551 g/mol. The minimum absolute atomic E-state index is 0.899. The molecule has 8 nitrogen and oxygen atoms in total. The third-order valence-corrected chi connectivity index (χ3v) is 7.71. The van der Waals surface area contributed by atoms with Crippen molar-refractivity contribution in [2.24, 2.45) is 28.2 Å². The summed E-state index contributed by atoms with van der Waals surface area (Å²) in [6.07, 6.45) is 15.2. The number of benzene rings is 3. The molecule has 0 aliphatic carbocycles. The van der Waals surface area contributed by atoms with Gasteiger partial charge in [-0.15, -0.1) is 0 Å². The first kappa shape index (κ1) is 25.5. The van der Waals surface area contributed by atoms with Crippen LogP contribution in [-0.4, -0.2) is 38.2 Å². The summed E-state index contributed by atoms with van der Waals surface area (Å²) in [6.45, 7) is 0. The van der Waals surface area contributed by atoms with E-state index in [1.165, 1.54) is 0 Å². The summed E-state index contributed by atoms with van der Waals surface area (Å²) >= 11 is 0. The SMILES string of the molecule is Cn1ccnc1-c1cccc(-c2cc(-c3cc(-c4nccn4C)cc(-c4nccn4C)c3)cc(-c3nccn3C)c2)c1. The number of nitrogens with zero attached hydrogens (tertiary/aromatic N) is 8. The van der Waals surface area contributed by atoms with Crippen molar-refractivity contribution in [1.82, 2.24) is 38.2 Å². The second-order valence-corrected chi connectivity index (χ2v) is 10.6. The van der Waals surface area contributed by atoms with E-state index in [2.05, 4.69) is 85.2 Å². The second kappa shape index (κ2) is 10.2. The van der Waals surface area contributed by atoms with Gasteiger partial charge in [0.2, 0.25) is 0 Å². The van der Waals surface area contributed by atoms with Crippen molar-refractivity contribution in [1.29, 1.82) is 0 Å². The maximum absolute atomic E-state index is 4.69. The lowest BCUT2D eigenvalue weighted by Crippen LogP contribution is -1.97. The van der Waals surface area contributed by atoms with E-state index in [0.29, 0.717) is 0 Å². The number of rotatable bonds is 6. The summed E-state index contributed by atoms with van der Waals surface area (Å²) in [7, 11) is 8.08. The Kier molecular flexibility index (Phi) is 6.16. The Morgan fingerprint density at radius 2 is 0.643 bits per heavy atom. The van der Waals surface area contributed by atoms with Crippen molar-refractivity contribution < 1.29 is 0 Å². The van der Waals surface area contributed by atoms with Gasteiger partial charge in [-0.1, -0.05) is 18.2 Å². The van der Waals surface area contributed by atoms with Crippen LogP contribution >= 0.6 is 0 Å². The van der Waals surface area contributed by atoms with Crippen LogP contribution in [0.3, 0.4) is 0 Å². The van der Waals surface area contributed by atoms with E-state index in [1.54, 1.807) is 0 Å². The molecule has 4 heterocycles. The smallest absolute Gasteiger partial charge is 0.139 e. The minimum Gasteiger partial charge on any atom is -0.334 e. The van der Waals surface area contributed by atoms with Gasteiger partial charge in [-0.2, -0.15) is 0 Å². The summed E-state index contributed by atoms with van der Waals surface area (Å²) in [5.41, 5.74) is 8.53. The van der Waals surface area contributed by atoms with Crippen LogP contribution in [0.25, 0.3) is 67.8 Å². The molecule has 206 valence electrons. The maximum Gasteiger partial charge on any atom is 0.139 e. The topological polar surface area (TPSA) is 71.3 Å². The number of aromatic nitrogens is 8. The van der Waals surface area contributed by atoms with E-state index in [0.717, 1.165) is 67.8 Å². The van der Waals surface area contributed by atoms with Crippen molar-refractivity contribution in [3.8, 4) is 67.8 Å². The lowest BCUT2D eigenvalue weighted by atomic mass is 9.93. The summed E-state index contributed by atoms with van der Waals surface area (Å²) in [4.78, 5) is 18.6. The highest BCUT2D eigenvalue weighted by atomic mass is 15.1. The molecule has 8 heteroatoms. The van der Waals surface area contributed by atoms with Crippen molar-refractivity contribution in [2.45, 2.75) is 0 Å². The molecule has 0 saturated carbocycles. The number of hydrogen-bond acceptors (Lipinski definition) is 4. The molecule has 4 aromatic heterocycles. The largest absolute Gasteiger partial charge is 0.334 e. The monoisotopic (exact) mass is 550 g/mol. The molecule has 0 atom stereocenters. The fourth-order valence-corrected chi connectivity index (χ4v) is 5.56. The summed E-state index contributed by atoms with van der Waals surface area (Å²) in [6, 6.07) is 21.8. The molecule has 0 N–H and O–H groups in total. The molecular weight excluding hydrogens is 520 g/mol. The highest BCUT2D eigenvalue weighted by Gasteiger charge is 2.16. The number of hydrogen-bond donors (Lipinski definition) is 0. The minimum atomic E-state index is 0.899. The summed E-state index contributed by atoms with van der Waals surface area (Å²) < 4.78 is 8.17. The van der Waals surface area contributed by atoms with Crippen molar-refractivity contribution in [3.05, 3.63) is 110 Å². The molecule has 3 aromatic carbocycles. The van der Waals surface area contributed by atoms with Crippen LogP contribution in [-0.2, 0) is 28.2 Å². The lowest BCUT2D eigenvalue weighted by molar-refractivity contribution is 0.920. The van der Waals surface area contributed by atoms with Gasteiger partial charge >= 0.3 is 0 Å². The molecule has 0 saturated heterocycles. The zero-order valence-corrected chi connectivity index (χ0v) is 24.0. The standard InChI is InChI=1S/C34H30N8/c1-39-12-8-35-31(39)24-7-5-6-23(16-24)25-17-26(19-28(18-25)32-36-9-13-40(32)2)27-20-29(33-37-10-14-41(33)3)22-30(21-27)34-38-11-15-42(34)4/h5-22H,1-4H3. The van der Waals surface area contributed by atoms with E-state index < -0.39 is 0 Å². The first-order chi connectivity index (χ1) is 20.4. The molecule has 0 fully saturated rings. The predicted molar refractivity (Wildman–Crippen MR) is 166 cm³/mol. The van der Waals surface area contributed by atoms with Gasteiger partial charge in [-0.3, -0.25) is 0 Å². The highest BCUT2D eigenvalue weighted by molar-refractivity contribution is 5.84. The van der Waals surface area contributed by atoms with Crippen LogP contribution in [0.1, 0.15) is 0 Å². The number of imidazole rings is 4. The van der Waals surface area contributed by atoms with Gasteiger partial charge in [0.05, 0.1) is 0 Å². The molecule has 7 rings (SSSR count). The predicted octanol–water partition coefficient (Wildman–Crippen LogP) is 6.62. The van der Waals surface area contributed by atoms with Crippen LogP contribution < -0.4 is 0 Å². The fourth-order valence-electron chi connectivity index (χ4n) is 5.56. The Balaban J connectivity index is 1.45. The van der Waals surface area contributed by atoms with E-state index in [4.69, 9.17) is 0 Å². The molecule has 0 bridgehead atoms. The second-order valence-electron chi connectivity index (χ2n) is 10.6. The van der Waals surface area contributed by atoms with Crippen LogP contribution in [0.2, 0.25) is 0 Å². The Morgan fingerprint density at radius 1 is 0.357 bits per heavy atom. The van der Waals surface area contributed by atoms with Crippen molar-refractivity contribution >= 4 is 0 Å². The Hall–Kier alpha value is -5.50. The molecule has 0 amide bonds. The molecule has 0 unspecified atom stereocenters. The Labute approximate surface area is 244 Å². The molecule has 0 aliphatic heterocycles. The van der Waals surface area contributed by atoms with Gasteiger partial charge < -0.3 is 18.3 Å². The third-order valence-electron chi connectivity index (χ3n) is 7.71. The van der Waals surface area contributed by atoms with Gasteiger partial charge in [0, 0.05) is 100 Å². The van der Waals surface area contributed by atoms with Gasteiger partial charge in [0.1, 0.15) is 23.3 Å². The maximum atomic E-state index is 4.69. The Morgan fingerprint density at radius 3 is 1.02 bits per heavy atom. The molecular formula is C34H30N8.